The lowest BCUT2D eigenvalue weighted by Gasteiger charge is -2.30. The third-order valence-electron chi connectivity index (χ3n) is 3.27. The highest BCUT2D eigenvalue weighted by atomic mass is 16.6. The Morgan fingerprint density at radius 2 is 1.78 bits per heavy atom. The molecule has 0 aliphatic carbocycles. The second kappa shape index (κ2) is 5.16. The van der Waals surface area contributed by atoms with Gasteiger partial charge in [0.15, 0.2) is 0 Å². The van der Waals surface area contributed by atoms with Crippen molar-refractivity contribution in [2.24, 2.45) is 5.92 Å². The van der Waals surface area contributed by atoms with Gasteiger partial charge in [-0.3, -0.25) is 4.90 Å². The van der Waals surface area contributed by atoms with Crippen LogP contribution in [0.3, 0.4) is 0 Å². The first kappa shape index (κ1) is 14.8. The third-order valence-corrected chi connectivity index (χ3v) is 3.27. The predicted molar refractivity (Wildman–Crippen MR) is 67.1 cm³/mol. The molecule has 0 aromatic rings. The van der Waals surface area contributed by atoms with Crippen molar-refractivity contribution in [3.8, 4) is 0 Å². The Bertz CT molecular complexity index is 334. The van der Waals surface area contributed by atoms with Crippen LogP contribution in [0, 0.1) is 5.92 Å². The van der Waals surface area contributed by atoms with E-state index in [1.54, 1.807) is 0 Å². The number of rotatable bonds is 1. The summed E-state index contributed by atoms with van der Waals surface area (Å²) < 4.78 is 10.1. The summed E-state index contributed by atoms with van der Waals surface area (Å²) in [5, 5.41) is 0. The van der Waals surface area contributed by atoms with Gasteiger partial charge in [-0.25, -0.2) is 9.59 Å². The third kappa shape index (κ3) is 3.15. The Morgan fingerprint density at radius 1 is 1.22 bits per heavy atom. The second-order valence-electron chi connectivity index (χ2n) is 5.88. The molecule has 104 valence electrons. The van der Waals surface area contributed by atoms with E-state index >= 15 is 0 Å². The van der Waals surface area contributed by atoms with Crippen molar-refractivity contribution in [3.05, 3.63) is 0 Å². The maximum atomic E-state index is 12.1. The summed E-state index contributed by atoms with van der Waals surface area (Å²) >= 11 is 0. The number of hydrogen-bond acceptors (Lipinski definition) is 4. The van der Waals surface area contributed by atoms with Gasteiger partial charge in [-0.1, -0.05) is 6.92 Å². The molecular weight excluding hydrogens is 234 g/mol. The highest BCUT2D eigenvalue weighted by Crippen LogP contribution is 2.31. The minimum absolute atomic E-state index is 0.0241. The second-order valence-corrected chi connectivity index (χ2v) is 5.88. The van der Waals surface area contributed by atoms with Crippen molar-refractivity contribution in [1.29, 1.82) is 0 Å². The molecule has 0 N–H and O–H groups in total. The van der Waals surface area contributed by atoms with Crippen LogP contribution in [-0.2, 0) is 14.3 Å². The van der Waals surface area contributed by atoms with Crippen LogP contribution >= 0.6 is 0 Å². The zero-order valence-electron chi connectivity index (χ0n) is 12.0. The van der Waals surface area contributed by atoms with Crippen LogP contribution in [0.1, 0.15) is 41.0 Å². The molecule has 0 bridgehead atoms. The molecule has 1 rings (SSSR count). The van der Waals surface area contributed by atoms with Gasteiger partial charge in [0.1, 0.15) is 11.6 Å². The molecular formula is C13H23NO4. The first-order valence-corrected chi connectivity index (χ1v) is 6.26. The van der Waals surface area contributed by atoms with Gasteiger partial charge >= 0.3 is 12.1 Å². The van der Waals surface area contributed by atoms with Crippen LogP contribution in [0.4, 0.5) is 4.79 Å². The molecule has 0 aromatic carbocycles. The van der Waals surface area contributed by atoms with Gasteiger partial charge in [0.2, 0.25) is 0 Å². The smallest absolute Gasteiger partial charge is 0.411 e. The monoisotopic (exact) mass is 257 g/mol. The molecule has 1 fully saturated rings. The molecule has 1 heterocycles. The molecule has 3 atom stereocenters. The number of carbonyl (C=O) groups excluding carboxylic acids is 2. The van der Waals surface area contributed by atoms with E-state index in [0.717, 1.165) is 0 Å². The van der Waals surface area contributed by atoms with Gasteiger partial charge in [-0.05, 0) is 40.0 Å². The Hall–Kier alpha value is -1.26. The minimum Gasteiger partial charge on any atom is -0.467 e. The van der Waals surface area contributed by atoms with E-state index in [0.29, 0.717) is 6.42 Å². The van der Waals surface area contributed by atoms with Crippen molar-refractivity contribution in [2.45, 2.75) is 58.7 Å². The fourth-order valence-corrected chi connectivity index (χ4v) is 2.17. The summed E-state index contributed by atoms with van der Waals surface area (Å²) in [5.41, 5.74) is -0.566. The van der Waals surface area contributed by atoms with Crippen molar-refractivity contribution in [2.75, 3.05) is 7.11 Å². The standard InChI is InChI=1S/C13H23NO4/c1-8-7-10(11(15)17-6)14(9(8)2)12(16)18-13(3,4)5/h8-10H,7H2,1-6H3/t8-,9+,10+/m1/s1. The molecule has 18 heavy (non-hydrogen) atoms. The summed E-state index contributed by atoms with van der Waals surface area (Å²) in [6.45, 7) is 9.37. The van der Waals surface area contributed by atoms with E-state index < -0.39 is 17.7 Å². The SMILES string of the molecule is COC(=O)[C@@H]1C[C@@H](C)[C@H](C)N1C(=O)OC(C)(C)C. The molecule has 5 nitrogen and oxygen atoms in total. The van der Waals surface area contributed by atoms with E-state index in [1.807, 2.05) is 34.6 Å². The molecule has 1 saturated heterocycles. The van der Waals surface area contributed by atoms with Gasteiger partial charge in [0.05, 0.1) is 7.11 Å². The fraction of sp³-hybridized carbons (Fsp3) is 0.846. The molecule has 1 aliphatic heterocycles. The number of esters is 1. The van der Waals surface area contributed by atoms with Gasteiger partial charge in [0.25, 0.3) is 0 Å². The summed E-state index contributed by atoms with van der Waals surface area (Å²) in [6.07, 6.45) is 0.169. The van der Waals surface area contributed by atoms with Gasteiger partial charge in [-0.15, -0.1) is 0 Å². The summed E-state index contributed by atoms with van der Waals surface area (Å²) in [6, 6.07) is -0.557. The van der Waals surface area contributed by atoms with Crippen molar-refractivity contribution < 1.29 is 19.1 Å². The van der Waals surface area contributed by atoms with Gasteiger partial charge < -0.3 is 9.47 Å². The van der Waals surface area contributed by atoms with E-state index in [2.05, 4.69) is 0 Å². The van der Waals surface area contributed by atoms with E-state index in [9.17, 15) is 9.59 Å². The van der Waals surface area contributed by atoms with Crippen molar-refractivity contribution in [1.82, 2.24) is 4.90 Å². The first-order valence-electron chi connectivity index (χ1n) is 6.26. The average molecular weight is 257 g/mol. The number of ether oxygens (including phenoxy) is 2. The number of carbonyl (C=O) groups is 2. The van der Waals surface area contributed by atoms with Crippen LogP contribution in [-0.4, -0.2) is 41.8 Å². The van der Waals surface area contributed by atoms with Crippen LogP contribution in [0.5, 0.6) is 0 Å². The Morgan fingerprint density at radius 3 is 2.22 bits per heavy atom. The largest absolute Gasteiger partial charge is 0.467 e. The molecule has 0 saturated carbocycles. The maximum absolute atomic E-state index is 12.1. The molecule has 1 amide bonds. The van der Waals surface area contributed by atoms with Crippen LogP contribution in [0.2, 0.25) is 0 Å². The molecule has 0 aromatic heterocycles. The zero-order chi connectivity index (χ0) is 14.1. The molecule has 0 radical (unpaired) electrons. The lowest BCUT2D eigenvalue weighted by atomic mass is 10.0. The lowest BCUT2D eigenvalue weighted by molar-refractivity contribution is -0.146. The summed E-state index contributed by atoms with van der Waals surface area (Å²) in [7, 11) is 1.34. The molecule has 1 aliphatic rings. The molecule has 0 unspecified atom stereocenters. The van der Waals surface area contributed by atoms with Crippen molar-refractivity contribution >= 4 is 12.1 Å². The topological polar surface area (TPSA) is 55.8 Å². The van der Waals surface area contributed by atoms with E-state index in [-0.39, 0.29) is 17.9 Å². The predicted octanol–water partition coefficient (Wildman–Crippen LogP) is 2.19. The molecule has 0 spiro atoms. The lowest BCUT2D eigenvalue weighted by Crippen LogP contribution is -2.47. The molecule has 5 heteroatoms. The summed E-state index contributed by atoms with van der Waals surface area (Å²) in [4.78, 5) is 25.4. The van der Waals surface area contributed by atoms with E-state index in [1.165, 1.54) is 12.0 Å². The van der Waals surface area contributed by atoms with Crippen molar-refractivity contribution in [3.63, 3.8) is 0 Å². The Labute approximate surface area is 108 Å². The van der Waals surface area contributed by atoms with Gasteiger partial charge in [0, 0.05) is 6.04 Å². The quantitative estimate of drug-likeness (QED) is 0.676. The van der Waals surface area contributed by atoms with Crippen LogP contribution in [0.15, 0.2) is 0 Å². The fourth-order valence-electron chi connectivity index (χ4n) is 2.17. The highest BCUT2D eigenvalue weighted by Gasteiger charge is 2.45. The number of methoxy groups -OCH3 is 1. The Kier molecular flexibility index (Phi) is 4.24. The van der Waals surface area contributed by atoms with Crippen LogP contribution < -0.4 is 0 Å². The number of likely N-dealkylation sites (tertiary alicyclic amines) is 1. The first-order chi connectivity index (χ1) is 8.17. The summed E-state index contributed by atoms with van der Waals surface area (Å²) in [5.74, 6) is -0.126. The minimum atomic E-state index is -0.566. The normalized spacial score (nSPS) is 28.1. The van der Waals surface area contributed by atoms with Gasteiger partial charge in [-0.2, -0.15) is 0 Å². The maximum Gasteiger partial charge on any atom is 0.411 e. The number of hydrogen-bond donors (Lipinski definition) is 0. The highest BCUT2D eigenvalue weighted by molar-refractivity contribution is 5.82. The van der Waals surface area contributed by atoms with E-state index in [4.69, 9.17) is 9.47 Å². The number of nitrogens with zero attached hydrogens (tertiary/aromatic N) is 1. The number of amides is 1. The zero-order valence-corrected chi connectivity index (χ0v) is 12.0. The van der Waals surface area contributed by atoms with Crippen LogP contribution in [0.25, 0.3) is 0 Å². The Balaban J connectivity index is 2.88. The average Bonchev–Trinajstić information content (AvgIpc) is 2.52.